The molecule has 0 N–H and O–H groups in total. The van der Waals surface area contributed by atoms with Crippen LogP contribution in [0.4, 0.5) is 22.0 Å². The molecule has 176 valence electrons. The fourth-order valence-corrected chi connectivity index (χ4v) is 4.35. The lowest BCUT2D eigenvalue weighted by Gasteiger charge is -2.13. The van der Waals surface area contributed by atoms with Crippen LogP contribution in [-0.4, -0.2) is 20.5 Å². The lowest BCUT2D eigenvalue weighted by molar-refractivity contribution is 0.346. The van der Waals surface area contributed by atoms with Crippen molar-refractivity contribution in [2.24, 2.45) is 0 Å². The molecule has 0 spiro atoms. The van der Waals surface area contributed by atoms with Gasteiger partial charge in [0.1, 0.15) is 10.6 Å². The van der Waals surface area contributed by atoms with E-state index in [-0.39, 0.29) is 0 Å². The van der Waals surface area contributed by atoms with E-state index in [1.807, 2.05) is 0 Å². The minimum Gasteiger partial charge on any atom is -0.496 e. The maximum Gasteiger partial charge on any atom is 0.339 e. The van der Waals surface area contributed by atoms with E-state index in [1.165, 1.54) is 25.4 Å². The topological polar surface area (TPSA) is 65.5 Å². The average molecular weight is 516 g/mol. The normalized spacial score (nSPS) is 11.6. The Bertz CT molecular complexity index is 1530. The molecule has 0 aliphatic carbocycles. The van der Waals surface area contributed by atoms with Crippen LogP contribution in [0.2, 0.25) is 5.02 Å². The van der Waals surface area contributed by atoms with E-state index in [1.54, 1.807) is 18.2 Å². The van der Waals surface area contributed by atoms with Gasteiger partial charge in [-0.2, -0.15) is 17.2 Å². The molecule has 0 fully saturated rings. The van der Waals surface area contributed by atoms with E-state index in [9.17, 15) is 30.4 Å². The number of fused-ring (bicyclic) bond motifs is 1. The second-order valence-electron chi connectivity index (χ2n) is 6.82. The summed E-state index contributed by atoms with van der Waals surface area (Å²) >= 11 is 6.08. The van der Waals surface area contributed by atoms with Gasteiger partial charge >= 0.3 is 10.1 Å². The Morgan fingerprint density at radius 1 is 0.853 bits per heavy atom. The van der Waals surface area contributed by atoms with E-state index in [2.05, 4.69) is 9.17 Å². The van der Waals surface area contributed by atoms with Gasteiger partial charge in [-0.25, -0.2) is 13.2 Å². The average Bonchev–Trinajstić information content (AvgIpc) is 2.83. The second-order valence-corrected chi connectivity index (χ2v) is 8.81. The van der Waals surface area contributed by atoms with Crippen LogP contribution in [0.5, 0.6) is 11.5 Å². The van der Waals surface area contributed by atoms with Gasteiger partial charge in [-0.1, -0.05) is 17.7 Å². The summed E-state index contributed by atoms with van der Waals surface area (Å²) in [5.74, 6) is -13.4. The first-order chi connectivity index (χ1) is 16.0. The highest BCUT2D eigenvalue weighted by Crippen LogP contribution is 2.37. The zero-order valence-electron chi connectivity index (χ0n) is 16.9. The maximum atomic E-state index is 13.9. The summed E-state index contributed by atoms with van der Waals surface area (Å²) in [5, 5.41) is 1.16. The molecule has 0 amide bonds. The second kappa shape index (κ2) is 8.73. The number of methoxy groups -OCH3 is 1. The van der Waals surface area contributed by atoms with Crippen LogP contribution in [0, 0.1) is 29.1 Å². The maximum absolute atomic E-state index is 13.9. The highest BCUT2D eigenvalue weighted by Gasteiger charge is 2.31. The van der Waals surface area contributed by atoms with Gasteiger partial charge in [0.05, 0.1) is 12.8 Å². The van der Waals surface area contributed by atoms with Crippen molar-refractivity contribution in [2.75, 3.05) is 7.11 Å². The van der Waals surface area contributed by atoms with Crippen LogP contribution < -0.4 is 8.92 Å². The SMILES string of the molecule is COc1ccc(Cl)cc1-c1nccc2cc(S(=O)(=O)Oc3c(F)c(F)c(F)c(F)c3F)ccc12. The third-order valence-electron chi connectivity index (χ3n) is 4.80. The van der Waals surface area contributed by atoms with Crippen LogP contribution in [0.1, 0.15) is 0 Å². The van der Waals surface area contributed by atoms with E-state index in [4.69, 9.17) is 16.3 Å². The first-order valence-corrected chi connectivity index (χ1v) is 11.0. The minimum absolute atomic E-state index is 0.314. The van der Waals surface area contributed by atoms with Crippen molar-refractivity contribution in [1.82, 2.24) is 4.98 Å². The highest BCUT2D eigenvalue weighted by molar-refractivity contribution is 7.87. The number of hydrogen-bond acceptors (Lipinski definition) is 5. The standard InChI is InChI=1S/C22H11ClF5NO4S/c1-32-15-5-2-11(23)9-14(15)21-13-4-3-12(8-10(13)6-7-29-21)34(30,31)33-22-19(27)17(25)16(24)18(26)20(22)28/h2-9H,1H3. The zero-order valence-corrected chi connectivity index (χ0v) is 18.4. The fraction of sp³-hybridized carbons (Fsp3) is 0.0455. The molecule has 0 unspecified atom stereocenters. The molecule has 0 saturated carbocycles. The number of rotatable bonds is 5. The third kappa shape index (κ3) is 4.01. The Morgan fingerprint density at radius 3 is 2.15 bits per heavy atom. The Kier molecular flexibility index (Phi) is 6.09. The van der Waals surface area contributed by atoms with Crippen molar-refractivity contribution in [3.05, 3.63) is 82.8 Å². The van der Waals surface area contributed by atoms with Gasteiger partial charge in [-0.15, -0.1) is 0 Å². The lowest BCUT2D eigenvalue weighted by atomic mass is 10.0. The van der Waals surface area contributed by atoms with Gasteiger partial charge in [-0.3, -0.25) is 4.98 Å². The molecular formula is C22H11ClF5NO4S. The number of pyridine rings is 1. The molecule has 0 bridgehead atoms. The molecule has 1 aromatic heterocycles. The molecule has 3 aromatic carbocycles. The molecule has 0 atom stereocenters. The number of hydrogen-bond donors (Lipinski definition) is 0. The molecule has 1 heterocycles. The van der Waals surface area contributed by atoms with Crippen LogP contribution in [0.15, 0.2) is 53.6 Å². The van der Waals surface area contributed by atoms with Crippen molar-refractivity contribution in [2.45, 2.75) is 4.90 Å². The van der Waals surface area contributed by atoms with Gasteiger partial charge in [0.25, 0.3) is 0 Å². The number of benzene rings is 3. The van der Waals surface area contributed by atoms with Crippen LogP contribution in [0.3, 0.4) is 0 Å². The predicted molar refractivity (Wildman–Crippen MR) is 113 cm³/mol. The predicted octanol–water partition coefficient (Wildman–Crippen LogP) is 6.03. The highest BCUT2D eigenvalue weighted by atomic mass is 35.5. The van der Waals surface area contributed by atoms with Crippen molar-refractivity contribution in [3.8, 4) is 22.8 Å². The quantitative estimate of drug-likeness (QED) is 0.141. The summed E-state index contributed by atoms with van der Waals surface area (Å²) in [7, 11) is -3.55. The number of aromatic nitrogens is 1. The van der Waals surface area contributed by atoms with Crippen LogP contribution in [0.25, 0.3) is 22.0 Å². The van der Waals surface area contributed by atoms with E-state index in [0.717, 1.165) is 12.1 Å². The van der Waals surface area contributed by atoms with Crippen molar-refractivity contribution >= 4 is 32.5 Å². The van der Waals surface area contributed by atoms with Gasteiger partial charge in [0.15, 0.2) is 0 Å². The van der Waals surface area contributed by atoms with Crippen molar-refractivity contribution in [3.63, 3.8) is 0 Å². The Labute approximate surface area is 194 Å². The smallest absolute Gasteiger partial charge is 0.339 e. The van der Waals surface area contributed by atoms with Crippen LogP contribution in [-0.2, 0) is 10.1 Å². The summed E-state index contributed by atoms with van der Waals surface area (Å²) in [5.41, 5.74) is 0.898. The van der Waals surface area contributed by atoms with E-state index < -0.39 is 49.8 Å². The van der Waals surface area contributed by atoms with Crippen LogP contribution >= 0.6 is 11.6 Å². The molecule has 4 aromatic rings. The Morgan fingerprint density at radius 2 is 1.50 bits per heavy atom. The number of halogens is 6. The Hall–Kier alpha value is -3.44. The summed E-state index contributed by atoms with van der Waals surface area (Å²) in [6.45, 7) is 0. The molecular weight excluding hydrogens is 505 g/mol. The summed E-state index contributed by atoms with van der Waals surface area (Å²) < 4.78 is 103. The molecule has 5 nitrogen and oxygen atoms in total. The minimum atomic E-state index is -5.00. The van der Waals surface area contributed by atoms with Gasteiger partial charge in [-0.05, 0) is 41.8 Å². The zero-order chi connectivity index (χ0) is 24.8. The summed E-state index contributed by atoms with van der Waals surface area (Å²) in [6, 6.07) is 9.75. The lowest BCUT2D eigenvalue weighted by Crippen LogP contribution is -2.14. The first kappa shape index (κ1) is 23.7. The molecule has 34 heavy (non-hydrogen) atoms. The summed E-state index contributed by atoms with van der Waals surface area (Å²) in [6.07, 6.45) is 1.37. The largest absolute Gasteiger partial charge is 0.496 e. The molecule has 0 saturated heterocycles. The number of nitrogens with zero attached hydrogens (tertiary/aromatic N) is 1. The van der Waals surface area contributed by atoms with E-state index >= 15 is 0 Å². The van der Waals surface area contributed by atoms with E-state index in [0.29, 0.717) is 32.8 Å². The molecule has 0 aliphatic heterocycles. The first-order valence-electron chi connectivity index (χ1n) is 9.23. The van der Waals surface area contributed by atoms with Gasteiger partial charge in [0.2, 0.25) is 34.8 Å². The number of ether oxygens (including phenoxy) is 1. The molecule has 0 radical (unpaired) electrons. The van der Waals surface area contributed by atoms with Crippen molar-refractivity contribution in [1.29, 1.82) is 0 Å². The summed E-state index contributed by atoms with van der Waals surface area (Å²) in [4.78, 5) is 3.70. The Balaban J connectivity index is 1.82. The molecule has 4 rings (SSSR count). The van der Waals surface area contributed by atoms with Gasteiger partial charge < -0.3 is 8.92 Å². The van der Waals surface area contributed by atoms with Gasteiger partial charge in [0, 0.05) is 22.2 Å². The fourth-order valence-electron chi connectivity index (χ4n) is 3.21. The molecule has 0 aliphatic rings. The third-order valence-corrected chi connectivity index (χ3v) is 6.26. The van der Waals surface area contributed by atoms with Crippen molar-refractivity contribution < 1.29 is 39.3 Å². The monoisotopic (exact) mass is 515 g/mol. The molecule has 12 heteroatoms.